The second-order valence-electron chi connectivity index (χ2n) is 4.10. The predicted molar refractivity (Wildman–Crippen MR) is 55.6 cm³/mol. The number of aromatic nitrogens is 2. The number of rotatable bonds is 3. The third-order valence-electron chi connectivity index (χ3n) is 3.11. The van der Waals surface area contributed by atoms with Gasteiger partial charge < -0.3 is 9.67 Å². The number of carbonyl (C=O) groups is 1. The zero-order valence-corrected chi connectivity index (χ0v) is 8.94. The Morgan fingerprint density at radius 1 is 1.60 bits per heavy atom. The number of nitrogens with zero attached hydrogens (tertiary/aromatic N) is 2. The van der Waals surface area contributed by atoms with Gasteiger partial charge in [-0.2, -0.15) is 0 Å². The maximum atomic E-state index is 12.1. The molecule has 1 saturated carbocycles. The van der Waals surface area contributed by atoms with E-state index in [9.17, 15) is 9.90 Å². The van der Waals surface area contributed by atoms with E-state index < -0.39 is 5.60 Å². The fourth-order valence-corrected chi connectivity index (χ4v) is 2.17. The van der Waals surface area contributed by atoms with Gasteiger partial charge >= 0.3 is 0 Å². The van der Waals surface area contributed by atoms with Crippen LogP contribution in [0.3, 0.4) is 0 Å². The summed E-state index contributed by atoms with van der Waals surface area (Å²) in [6.45, 7) is 2.66. The molecule has 1 fully saturated rings. The average Bonchev–Trinajstić information content (AvgIpc) is 2.85. The van der Waals surface area contributed by atoms with E-state index in [-0.39, 0.29) is 5.78 Å². The van der Waals surface area contributed by atoms with E-state index in [0.29, 0.717) is 25.2 Å². The summed E-state index contributed by atoms with van der Waals surface area (Å²) >= 11 is 0. The largest absolute Gasteiger partial charge is 0.382 e. The Kier molecular flexibility index (Phi) is 2.61. The Hall–Kier alpha value is -1.16. The lowest BCUT2D eigenvalue weighted by Gasteiger charge is -2.19. The molecule has 1 heterocycles. The Morgan fingerprint density at radius 2 is 2.27 bits per heavy atom. The number of hydrogen-bond acceptors (Lipinski definition) is 3. The van der Waals surface area contributed by atoms with Crippen molar-refractivity contribution in [1.82, 2.24) is 9.55 Å². The van der Waals surface area contributed by atoms with E-state index in [1.807, 2.05) is 6.92 Å². The maximum absolute atomic E-state index is 12.1. The summed E-state index contributed by atoms with van der Waals surface area (Å²) < 4.78 is 1.78. The second kappa shape index (κ2) is 3.77. The van der Waals surface area contributed by atoms with Gasteiger partial charge in [0, 0.05) is 18.9 Å². The van der Waals surface area contributed by atoms with Crippen LogP contribution < -0.4 is 0 Å². The highest BCUT2D eigenvalue weighted by atomic mass is 16.3. The van der Waals surface area contributed by atoms with Crippen LogP contribution in [0.2, 0.25) is 0 Å². The Bertz CT molecular complexity index is 364. The molecule has 1 N–H and O–H groups in total. The van der Waals surface area contributed by atoms with Gasteiger partial charge in [-0.15, -0.1) is 0 Å². The molecule has 4 nitrogen and oxygen atoms in total. The van der Waals surface area contributed by atoms with Crippen molar-refractivity contribution in [3.63, 3.8) is 0 Å². The molecule has 4 heteroatoms. The normalized spacial score (nSPS) is 19.3. The van der Waals surface area contributed by atoms with Gasteiger partial charge in [-0.05, 0) is 32.6 Å². The molecule has 1 aromatic heterocycles. The lowest BCUT2D eigenvalue weighted by Crippen LogP contribution is -2.37. The van der Waals surface area contributed by atoms with Crippen molar-refractivity contribution in [1.29, 1.82) is 0 Å². The van der Waals surface area contributed by atoms with E-state index in [1.165, 1.54) is 0 Å². The first-order valence-electron chi connectivity index (χ1n) is 5.46. The monoisotopic (exact) mass is 208 g/mol. The van der Waals surface area contributed by atoms with Gasteiger partial charge in [0.05, 0.1) is 0 Å². The summed E-state index contributed by atoms with van der Waals surface area (Å²) in [6.07, 6.45) is 6.37. The molecular formula is C11H16N2O2. The quantitative estimate of drug-likeness (QED) is 0.764. The van der Waals surface area contributed by atoms with Crippen molar-refractivity contribution in [3.8, 4) is 0 Å². The molecule has 0 radical (unpaired) electrons. The number of aliphatic hydroxyl groups is 1. The van der Waals surface area contributed by atoms with E-state index in [0.717, 1.165) is 12.8 Å². The fraction of sp³-hybridized carbons (Fsp3) is 0.636. The first kappa shape index (κ1) is 10.4. The van der Waals surface area contributed by atoms with E-state index in [2.05, 4.69) is 4.98 Å². The van der Waals surface area contributed by atoms with E-state index in [4.69, 9.17) is 0 Å². The highest BCUT2D eigenvalue weighted by Gasteiger charge is 2.41. The summed E-state index contributed by atoms with van der Waals surface area (Å²) in [5.41, 5.74) is -1.15. The van der Waals surface area contributed by atoms with Gasteiger partial charge in [-0.1, -0.05) is 0 Å². The summed E-state index contributed by atoms with van der Waals surface area (Å²) in [5, 5.41) is 10.1. The minimum Gasteiger partial charge on any atom is -0.382 e. The molecule has 15 heavy (non-hydrogen) atoms. The molecule has 0 saturated heterocycles. The predicted octanol–water partition coefficient (Wildman–Crippen LogP) is 1.39. The zero-order valence-electron chi connectivity index (χ0n) is 8.94. The summed E-state index contributed by atoms with van der Waals surface area (Å²) in [7, 11) is 0. The van der Waals surface area contributed by atoms with E-state index in [1.54, 1.807) is 17.0 Å². The van der Waals surface area contributed by atoms with Crippen LogP contribution in [0.5, 0.6) is 0 Å². The van der Waals surface area contributed by atoms with Crippen LogP contribution in [-0.4, -0.2) is 26.0 Å². The lowest BCUT2D eigenvalue weighted by atomic mass is 9.96. The van der Waals surface area contributed by atoms with Gasteiger partial charge in [-0.25, -0.2) is 4.98 Å². The molecule has 0 aliphatic heterocycles. The molecule has 0 spiro atoms. The van der Waals surface area contributed by atoms with Crippen LogP contribution >= 0.6 is 0 Å². The van der Waals surface area contributed by atoms with Crippen molar-refractivity contribution >= 4 is 5.78 Å². The second-order valence-corrected chi connectivity index (χ2v) is 4.10. The van der Waals surface area contributed by atoms with Crippen molar-refractivity contribution in [3.05, 3.63) is 18.2 Å². The van der Waals surface area contributed by atoms with Crippen LogP contribution in [0.15, 0.2) is 12.4 Å². The maximum Gasteiger partial charge on any atom is 0.229 e. The van der Waals surface area contributed by atoms with Crippen molar-refractivity contribution < 1.29 is 9.90 Å². The molecule has 0 bridgehead atoms. The highest BCUT2D eigenvalue weighted by Crippen LogP contribution is 2.32. The summed E-state index contributed by atoms with van der Waals surface area (Å²) in [6, 6.07) is 0. The minimum atomic E-state index is -1.15. The van der Waals surface area contributed by atoms with Crippen LogP contribution in [0.1, 0.15) is 43.2 Å². The minimum absolute atomic E-state index is 0.216. The Labute approximate surface area is 88.9 Å². The first-order valence-corrected chi connectivity index (χ1v) is 5.46. The third-order valence-corrected chi connectivity index (χ3v) is 3.11. The van der Waals surface area contributed by atoms with Crippen molar-refractivity contribution in [2.45, 2.75) is 44.8 Å². The van der Waals surface area contributed by atoms with Crippen molar-refractivity contribution in [2.75, 3.05) is 0 Å². The number of ketones is 1. The molecule has 0 amide bonds. The van der Waals surface area contributed by atoms with Gasteiger partial charge in [0.15, 0.2) is 5.82 Å². The molecule has 0 aromatic carbocycles. The topological polar surface area (TPSA) is 55.1 Å². The van der Waals surface area contributed by atoms with E-state index >= 15 is 0 Å². The van der Waals surface area contributed by atoms with Crippen LogP contribution in [0, 0.1) is 0 Å². The van der Waals surface area contributed by atoms with Gasteiger partial charge in [-0.3, -0.25) is 4.79 Å². The smallest absolute Gasteiger partial charge is 0.229 e. The number of carbonyl (C=O) groups excluding carboxylic acids is 1. The Balaban J connectivity index is 2.27. The SMILES string of the molecule is CCn1ccnc1C(=O)C1(O)CCCC1. The molecule has 0 unspecified atom stereocenters. The lowest BCUT2D eigenvalue weighted by molar-refractivity contribution is 0.0338. The average molecular weight is 208 g/mol. The number of imidazole rings is 1. The number of aryl methyl sites for hydroxylation is 1. The number of Topliss-reactive ketones (excluding diaryl/α,β-unsaturated/α-hetero) is 1. The van der Waals surface area contributed by atoms with Crippen LogP contribution in [-0.2, 0) is 6.54 Å². The summed E-state index contributed by atoms with van der Waals surface area (Å²) in [5.74, 6) is 0.175. The molecule has 2 rings (SSSR count). The van der Waals surface area contributed by atoms with Crippen LogP contribution in [0.25, 0.3) is 0 Å². The molecule has 82 valence electrons. The molecule has 1 aliphatic rings. The van der Waals surface area contributed by atoms with Gasteiger partial charge in [0.2, 0.25) is 5.78 Å². The molecule has 1 aromatic rings. The van der Waals surface area contributed by atoms with Crippen LogP contribution in [0.4, 0.5) is 0 Å². The summed E-state index contributed by atoms with van der Waals surface area (Å²) in [4.78, 5) is 16.1. The third kappa shape index (κ3) is 1.69. The molecule has 0 atom stereocenters. The number of hydrogen-bond donors (Lipinski definition) is 1. The fourth-order valence-electron chi connectivity index (χ4n) is 2.17. The zero-order chi connectivity index (χ0) is 10.9. The van der Waals surface area contributed by atoms with Gasteiger partial charge in [0.1, 0.15) is 5.60 Å². The Morgan fingerprint density at radius 3 is 2.87 bits per heavy atom. The molecule has 1 aliphatic carbocycles. The van der Waals surface area contributed by atoms with Crippen molar-refractivity contribution in [2.24, 2.45) is 0 Å². The standard InChI is InChI=1S/C11H16N2O2/c1-2-13-8-7-12-10(13)9(14)11(15)5-3-4-6-11/h7-8,15H,2-6H2,1H3. The van der Waals surface area contributed by atoms with Gasteiger partial charge in [0.25, 0.3) is 0 Å². The highest BCUT2D eigenvalue weighted by molar-refractivity contribution is 5.99. The first-order chi connectivity index (χ1) is 7.17. The molecular weight excluding hydrogens is 192 g/mol.